The molecule has 0 amide bonds. The summed E-state index contributed by atoms with van der Waals surface area (Å²) in [7, 11) is 2.14. The van der Waals surface area contributed by atoms with Gasteiger partial charge in [0.2, 0.25) is 0 Å². The Morgan fingerprint density at radius 1 is 1.13 bits per heavy atom. The fraction of sp³-hybridized carbons (Fsp3) is 0.355. The molecule has 1 atom stereocenters. The molecule has 8 heteroatoms. The summed E-state index contributed by atoms with van der Waals surface area (Å²) in [5, 5.41) is 7.39. The third-order valence-corrected chi connectivity index (χ3v) is 7.61. The zero-order valence-electron chi connectivity index (χ0n) is 23.0. The molecule has 5 rings (SSSR count). The number of ether oxygens (including phenoxy) is 1. The van der Waals surface area contributed by atoms with Crippen LogP contribution in [0.2, 0.25) is 0 Å². The van der Waals surface area contributed by atoms with E-state index in [-0.39, 0.29) is 11.6 Å². The second kappa shape index (κ2) is 11.9. The van der Waals surface area contributed by atoms with E-state index in [1.165, 1.54) is 0 Å². The molecule has 204 valence electrons. The summed E-state index contributed by atoms with van der Waals surface area (Å²) in [6.45, 7) is 8.18. The first kappa shape index (κ1) is 26.7. The molecule has 1 aliphatic heterocycles. The summed E-state index contributed by atoms with van der Waals surface area (Å²) in [4.78, 5) is 17.8. The van der Waals surface area contributed by atoms with E-state index in [1.807, 2.05) is 54.6 Å². The average molecular weight is 527 g/mol. The van der Waals surface area contributed by atoms with Crippen LogP contribution in [0.15, 0.2) is 77.7 Å². The number of nitrogens with one attached hydrogen (secondary N) is 1. The Labute approximate surface area is 229 Å². The van der Waals surface area contributed by atoms with Crippen molar-refractivity contribution in [3.63, 3.8) is 0 Å². The number of anilines is 1. The van der Waals surface area contributed by atoms with Crippen molar-refractivity contribution < 1.29 is 4.74 Å². The van der Waals surface area contributed by atoms with Crippen molar-refractivity contribution in [1.82, 2.24) is 24.6 Å². The number of aromatic amines is 1. The van der Waals surface area contributed by atoms with Crippen LogP contribution in [0.1, 0.15) is 32.7 Å². The van der Waals surface area contributed by atoms with Crippen molar-refractivity contribution in [1.29, 1.82) is 0 Å². The minimum Gasteiger partial charge on any atom is -0.457 e. The maximum atomic E-state index is 13.1. The van der Waals surface area contributed by atoms with Gasteiger partial charge in [-0.3, -0.25) is 9.69 Å². The molecular weight excluding hydrogens is 488 g/mol. The van der Waals surface area contributed by atoms with E-state index in [0.717, 1.165) is 61.6 Å². The summed E-state index contributed by atoms with van der Waals surface area (Å²) >= 11 is 0. The largest absolute Gasteiger partial charge is 0.457 e. The van der Waals surface area contributed by atoms with E-state index in [4.69, 9.17) is 10.5 Å². The molecule has 4 aromatic rings. The van der Waals surface area contributed by atoms with Gasteiger partial charge in [0, 0.05) is 43.5 Å². The second-order valence-electron chi connectivity index (χ2n) is 10.6. The van der Waals surface area contributed by atoms with Gasteiger partial charge in [0.05, 0.1) is 5.39 Å². The molecule has 1 saturated heterocycles. The smallest absolute Gasteiger partial charge is 0.288 e. The Balaban J connectivity index is 1.40. The molecule has 1 fully saturated rings. The lowest BCUT2D eigenvalue weighted by atomic mass is 10.1. The number of likely N-dealkylation sites (N-methyl/N-ethyl adjacent to an activating group) is 1. The third kappa shape index (κ3) is 6.08. The van der Waals surface area contributed by atoms with Crippen molar-refractivity contribution >= 4 is 16.7 Å². The van der Waals surface area contributed by atoms with Crippen LogP contribution in [0.5, 0.6) is 11.5 Å². The number of hydrogen-bond donors (Lipinski definition) is 2. The molecule has 39 heavy (non-hydrogen) atoms. The Morgan fingerprint density at radius 3 is 2.62 bits per heavy atom. The number of nitrogens with zero attached hydrogens (tertiary/aromatic N) is 4. The lowest BCUT2D eigenvalue weighted by Crippen LogP contribution is -2.37. The first-order valence-corrected chi connectivity index (χ1v) is 13.7. The number of nitrogens with two attached hydrogens (primary N) is 1. The van der Waals surface area contributed by atoms with Crippen LogP contribution >= 0.6 is 0 Å². The normalized spacial score (nSPS) is 16.6. The molecule has 0 saturated carbocycles. The Kier molecular flexibility index (Phi) is 8.14. The van der Waals surface area contributed by atoms with E-state index in [9.17, 15) is 4.79 Å². The van der Waals surface area contributed by atoms with Gasteiger partial charge in [0.15, 0.2) is 5.82 Å². The Hall–Kier alpha value is -3.88. The van der Waals surface area contributed by atoms with Gasteiger partial charge in [0.1, 0.15) is 17.0 Å². The van der Waals surface area contributed by atoms with E-state index < -0.39 is 0 Å². The van der Waals surface area contributed by atoms with Crippen LogP contribution < -0.4 is 16.0 Å². The van der Waals surface area contributed by atoms with Crippen LogP contribution in [-0.4, -0.2) is 63.8 Å². The highest BCUT2D eigenvalue weighted by atomic mass is 16.5. The number of nitrogen functional groups attached to an aromatic ring is 1. The predicted octanol–water partition coefficient (Wildman–Crippen LogP) is 5.30. The summed E-state index contributed by atoms with van der Waals surface area (Å²) in [6.07, 6.45) is 8.66. The van der Waals surface area contributed by atoms with Gasteiger partial charge in [-0.05, 0) is 70.1 Å². The first-order chi connectivity index (χ1) is 18.9. The maximum Gasteiger partial charge on any atom is 0.288 e. The van der Waals surface area contributed by atoms with Gasteiger partial charge in [-0.15, -0.1) is 0 Å². The van der Waals surface area contributed by atoms with E-state index >= 15 is 0 Å². The molecular formula is C31H38N6O2. The fourth-order valence-corrected chi connectivity index (χ4v) is 5.17. The van der Waals surface area contributed by atoms with Gasteiger partial charge in [-0.25, -0.2) is 5.10 Å². The SMILES string of the molecule is CC(C)N(C)C/C=C/CN1CCC[C@@H](n2cc(-c3ccc(Oc4ccccc4)cc3)c3c(N)n[nH]c(=O)c32)C1. The van der Waals surface area contributed by atoms with Gasteiger partial charge < -0.3 is 19.9 Å². The number of rotatable bonds is 9. The van der Waals surface area contributed by atoms with Gasteiger partial charge in [-0.1, -0.05) is 42.5 Å². The number of benzene rings is 2. The lowest BCUT2D eigenvalue weighted by molar-refractivity contribution is 0.196. The minimum atomic E-state index is -0.219. The zero-order valence-corrected chi connectivity index (χ0v) is 23.0. The van der Waals surface area contributed by atoms with Crippen LogP contribution in [0.4, 0.5) is 5.82 Å². The van der Waals surface area contributed by atoms with Crippen LogP contribution in [0.25, 0.3) is 22.0 Å². The molecule has 3 N–H and O–H groups in total. The molecule has 0 spiro atoms. The Bertz CT molecular complexity index is 1470. The van der Waals surface area contributed by atoms with Gasteiger partial charge in [0.25, 0.3) is 5.56 Å². The monoisotopic (exact) mass is 526 g/mol. The van der Waals surface area contributed by atoms with Crippen molar-refractivity contribution in [2.75, 3.05) is 39.0 Å². The quantitative estimate of drug-likeness (QED) is 0.288. The molecule has 3 heterocycles. The highest BCUT2D eigenvalue weighted by Crippen LogP contribution is 2.36. The molecule has 0 unspecified atom stereocenters. The predicted molar refractivity (Wildman–Crippen MR) is 158 cm³/mol. The topological polar surface area (TPSA) is 92.4 Å². The zero-order chi connectivity index (χ0) is 27.4. The molecule has 2 aromatic carbocycles. The number of aromatic nitrogens is 3. The number of fused-ring (bicyclic) bond motifs is 1. The molecule has 0 bridgehead atoms. The third-order valence-electron chi connectivity index (χ3n) is 7.61. The van der Waals surface area contributed by atoms with Crippen molar-refractivity contribution in [3.05, 3.63) is 83.3 Å². The summed E-state index contributed by atoms with van der Waals surface area (Å²) in [5.74, 6) is 1.85. The van der Waals surface area contributed by atoms with Crippen molar-refractivity contribution in [3.8, 4) is 22.6 Å². The standard InChI is InChI=1S/C31H38N6O2/c1-22(2)35(3)17-7-8-18-36-19-9-10-24(20-36)37-21-27(28-29(37)31(38)34-33-30(28)32)23-13-15-26(16-14-23)39-25-11-5-4-6-12-25/h4-8,11-16,21-22,24H,9-10,17-20H2,1-3H3,(H2,32,33)(H,34,38)/b8-7+/t24-/m1/s1. The molecule has 2 aromatic heterocycles. The highest BCUT2D eigenvalue weighted by Gasteiger charge is 2.25. The van der Waals surface area contributed by atoms with Crippen molar-refractivity contribution in [2.45, 2.75) is 38.8 Å². The summed E-state index contributed by atoms with van der Waals surface area (Å²) in [6, 6.07) is 18.3. The van der Waals surface area contributed by atoms with E-state index in [2.05, 4.69) is 63.8 Å². The maximum absolute atomic E-state index is 13.1. The van der Waals surface area contributed by atoms with Crippen LogP contribution in [-0.2, 0) is 0 Å². The van der Waals surface area contributed by atoms with Gasteiger partial charge in [-0.2, -0.15) is 5.10 Å². The number of para-hydroxylation sites is 1. The average Bonchev–Trinajstić information content (AvgIpc) is 3.36. The van der Waals surface area contributed by atoms with Gasteiger partial charge >= 0.3 is 0 Å². The molecule has 0 aliphatic carbocycles. The minimum absolute atomic E-state index is 0.172. The summed E-state index contributed by atoms with van der Waals surface area (Å²) in [5.41, 5.74) is 8.58. The number of hydrogen-bond acceptors (Lipinski definition) is 6. The lowest BCUT2D eigenvalue weighted by Gasteiger charge is -2.33. The number of piperidine rings is 1. The van der Waals surface area contributed by atoms with Crippen LogP contribution in [0, 0.1) is 0 Å². The molecule has 1 aliphatic rings. The highest BCUT2D eigenvalue weighted by molar-refractivity contribution is 6.02. The Morgan fingerprint density at radius 2 is 1.87 bits per heavy atom. The first-order valence-electron chi connectivity index (χ1n) is 13.7. The van der Waals surface area contributed by atoms with Crippen LogP contribution in [0.3, 0.4) is 0 Å². The van der Waals surface area contributed by atoms with E-state index in [0.29, 0.717) is 22.8 Å². The second-order valence-corrected chi connectivity index (χ2v) is 10.6. The summed E-state index contributed by atoms with van der Waals surface area (Å²) < 4.78 is 8.09. The molecule has 8 nitrogen and oxygen atoms in total. The number of H-pyrrole nitrogens is 1. The molecule has 0 radical (unpaired) electrons. The van der Waals surface area contributed by atoms with E-state index in [1.54, 1.807) is 0 Å². The fourth-order valence-electron chi connectivity index (χ4n) is 5.17. The number of likely N-dealkylation sites (tertiary alicyclic amines) is 1. The van der Waals surface area contributed by atoms with Crippen molar-refractivity contribution in [2.24, 2.45) is 0 Å².